The lowest BCUT2D eigenvalue weighted by molar-refractivity contribution is -0.148. The van der Waals surface area contributed by atoms with E-state index in [0.29, 0.717) is 11.4 Å². The van der Waals surface area contributed by atoms with Crippen molar-refractivity contribution in [2.24, 2.45) is 0 Å². The third kappa shape index (κ3) is 4.15. The van der Waals surface area contributed by atoms with Crippen LogP contribution in [-0.2, 0) is 19.6 Å². The fraction of sp³-hybridized carbons (Fsp3) is 0.263. The molecule has 0 unspecified atom stereocenters. The zero-order valence-electron chi connectivity index (χ0n) is 16.0. The Hall–Kier alpha value is -2.78. The van der Waals surface area contributed by atoms with Gasteiger partial charge in [-0.05, 0) is 30.3 Å². The number of para-hydroxylation sites is 2. The third-order valence-electron chi connectivity index (χ3n) is 4.51. The summed E-state index contributed by atoms with van der Waals surface area (Å²) in [7, 11) is -0.985. The van der Waals surface area contributed by atoms with Crippen LogP contribution in [0.25, 0.3) is 0 Å². The van der Waals surface area contributed by atoms with Crippen molar-refractivity contribution in [2.45, 2.75) is 6.10 Å². The highest BCUT2D eigenvalue weighted by Crippen LogP contribution is 2.35. The molecule has 0 radical (unpaired) electrons. The van der Waals surface area contributed by atoms with E-state index in [1.807, 2.05) is 0 Å². The molecular formula is C19H19ClN2O6S. The summed E-state index contributed by atoms with van der Waals surface area (Å²) in [5.41, 5.74) is 0.872. The molecule has 3 rings (SSSR count). The molecule has 1 amide bonds. The highest BCUT2D eigenvalue weighted by Gasteiger charge is 2.35. The summed E-state index contributed by atoms with van der Waals surface area (Å²) in [6.45, 7) is -0.0532. The molecule has 0 saturated heterocycles. The minimum absolute atomic E-state index is 0.0532. The van der Waals surface area contributed by atoms with Crippen molar-refractivity contribution in [3.8, 4) is 5.75 Å². The van der Waals surface area contributed by atoms with Gasteiger partial charge in [0.1, 0.15) is 5.75 Å². The van der Waals surface area contributed by atoms with E-state index in [2.05, 4.69) is 0 Å². The van der Waals surface area contributed by atoms with E-state index in [0.717, 1.165) is 10.6 Å². The monoisotopic (exact) mass is 438 g/mol. The van der Waals surface area contributed by atoms with Crippen LogP contribution in [0.4, 0.5) is 11.4 Å². The van der Waals surface area contributed by atoms with Crippen LogP contribution in [0.15, 0.2) is 42.5 Å². The summed E-state index contributed by atoms with van der Waals surface area (Å²) in [5, 5.41) is 0.185. The van der Waals surface area contributed by atoms with Crippen LogP contribution in [0.5, 0.6) is 5.75 Å². The molecule has 2 aromatic carbocycles. The summed E-state index contributed by atoms with van der Waals surface area (Å²) in [5.74, 6) is -0.676. The Morgan fingerprint density at radius 1 is 1.24 bits per heavy atom. The lowest BCUT2D eigenvalue weighted by atomic mass is 10.1. The number of carbonyl (C=O) groups is 2. The number of fused-ring (bicyclic) bond motifs is 1. The summed E-state index contributed by atoms with van der Waals surface area (Å²) >= 11 is 6.14. The molecule has 0 saturated carbocycles. The van der Waals surface area contributed by atoms with Crippen LogP contribution >= 0.6 is 11.6 Å². The number of sulfonamides is 1. The number of halogens is 1. The molecule has 1 aliphatic rings. The van der Waals surface area contributed by atoms with Gasteiger partial charge >= 0.3 is 5.97 Å². The van der Waals surface area contributed by atoms with Gasteiger partial charge in [0.05, 0.1) is 36.3 Å². The van der Waals surface area contributed by atoms with Crippen LogP contribution < -0.4 is 13.9 Å². The van der Waals surface area contributed by atoms with Crippen molar-refractivity contribution < 1.29 is 27.5 Å². The smallest absolute Gasteiger partial charge is 0.348 e. The molecule has 1 atom stereocenters. The Morgan fingerprint density at radius 3 is 2.59 bits per heavy atom. The number of anilines is 2. The average Bonchev–Trinajstić information content (AvgIpc) is 2.71. The van der Waals surface area contributed by atoms with E-state index >= 15 is 0 Å². The van der Waals surface area contributed by atoms with Gasteiger partial charge in [-0.1, -0.05) is 23.7 Å². The van der Waals surface area contributed by atoms with Crippen LogP contribution in [-0.4, -0.2) is 53.4 Å². The van der Waals surface area contributed by atoms with E-state index in [1.54, 1.807) is 24.3 Å². The summed E-state index contributed by atoms with van der Waals surface area (Å²) in [6.07, 6.45) is 0.0566. The maximum atomic E-state index is 13.3. The molecule has 0 aliphatic carbocycles. The van der Waals surface area contributed by atoms with Crippen molar-refractivity contribution in [1.82, 2.24) is 0 Å². The Balaban J connectivity index is 2.02. The Kier molecular flexibility index (Phi) is 5.72. The van der Waals surface area contributed by atoms with Gasteiger partial charge in [-0.25, -0.2) is 13.2 Å². The van der Waals surface area contributed by atoms with E-state index in [1.165, 1.54) is 37.3 Å². The minimum Gasteiger partial charge on any atom is -0.475 e. The largest absolute Gasteiger partial charge is 0.475 e. The first-order chi connectivity index (χ1) is 13.6. The highest BCUT2D eigenvalue weighted by atomic mass is 35.5. The van der Waals surface area contributed by atoms with E-state index in [9.17, 15) is 18.0 Å². The second-order valence-corrected chi connectivity index (χ2v) is 8.83. The van der Waals surface area contributed by atoms with E-state index in [-0.39, 0.29) is 22.8 Å². The number of nitrogens with zero attached hydrogens (tertiary/aromatic N) is 2. The maximum absolute atomic E-state index is 13.3. The molecule has 29 heavy (non-hydrogen) atoms. The minimum atomic E-state index is -3.57. The second kappa shape index (κ2) is 7.92. The van der Waals surface area contributed by atoms with Crippen LogP contribution in [0.1, 0.15) is 10.4 Å². The molecule has 0 bridgehead atoms. The van der Waals surface area contributed by atoms with Crippen molar-refractivity contribution in [2.75, 3.05) is 36.2 Å². The first kappa shape index (κ1) is 20.9. The molecule has 1 aliphatic heterocycles. The molecule has 1 heterocycles. The predicted molar refractivity (Wildman–Crippen MR) is 109 cm³/mol. The number of hydrogen-bond donors (Lipinski definition) is 0. The number of esters is 1. The Morgan fingerprint density at radius 2 is 1.93 bits per heavy atom. The maximum Gasteiger partial charge on any atom is 0.348 e. The molecule has 2 aromatic rings. The van der Waals surface area contributed by atoms with E-state index in [4.69, 9.17) is 21.1 Å². The van der Waals surface area contributed by atoms with Crippen LogP contribution in [0.3, 0.4) is 0 Å². The quantitative estimate of drug-likeness (QED) is 0.680. The zero-order valence-corrected chi connectivity index (χ0v) is 17.5. The van der Waals surface area contributed by atoms with Gasteiger partial charge in [0, 0.05) is 12.6 Å². The molecule has 10 heteroatoms. The van der Waals surface area contributed by atoms with Crippen molar-refractivity contribution in [3.63, 3.8) is 0 Å². The fourth-order valence-corrected chi connectivity index (χ4v) is 3.71. The number of ether oxygens (including phenoxy) is 2. The van der Waals surface area contributed by atoms with Crippen molar-refractivity contribution in [1.29, 1.82) is 0 Å². The lowest BCUT2D eigenvalue weighted by Gasteiger charge is -2.33. The normalized spacial score (nSPS) is 15.9. The molecule has 0 aromatic heterocycles. The van der Waals surface area contributed by atoms with Crippen molar-refractivity contribution >= 4 is 44.9 Å². The first-order valence-corrected chi connectivity index (χ1v) is 10.7. The lowest BCUT2D eigenvalue weighted by Crippen LogP contribution is -2.47. The predicted octanol–water partition coefficient (Wildman–Crippen LogP) is 2.32. The zero-order chi connectivity index (χ0) is 21.3. The number of carbonyl (C=O) groups excluding carboxylic acids is 2. The number of rotatable bonds is 4. The number of amides is 1. The fourth-order valence-electron chi connectivity index (χ4n) is 2.90. The van der Waals surface area contributed by atoms with Crippen molar-refractivity contribution in [3.05, 3.63) is 53.1 Å². The molecule has 0 N–H and O–H groups in total. The van der Waals surface area contributed by atoms with Crippen LogP contribution in [0.2, 0.25) is 5.02 Å². The highest BCUT2D eigenvalue weighted by molar-refractivity contribution is 7.92. The Bertz CT molecular complexity index is 1070. The third-order valence-corrected chi connectivity index (χ3v) is 6.02. The van der Waals surface area contributed by atoms with Gasteiger partial charge in [-0.15, -0.1) is 0 Å². The second-order valence-electron chi connectivity index (χ2n) is 6.41. The SMILES string of the molecule is COC(=O)[C@H]1CN(C(=O)c2ccc(Cl)c(N(C)S(C)(=O)=O)c2)c2ccccc2O1. The van der Waals surface area contributed by atoms with Gasteiger partial charge in [0.15, 0.2) is 0 Å². The number of hydrogen-bond acceptors (Lipinski definition) is 6. The molecule has 0 spiro atoms. The number of benzene rings is 2. The standard InChI is InChI=1S/C19H19ClN2O6S/c1-21(29(3,25)26)15-10-12(8-9-13(15)20)18(23)22-11-17(19(24)27-2)28-16-7-5-4-6-14(16)22/h4-10,17H,11H2,1-3H3/t17-/m1/s1. The number of methoxy groups -OCH3 is 1. The van der Waals surface area contributed by atoms with Gasteiger partial charge < -0.3 is 14.4 Å². The van der Waals surface area contributed by atoms with Gasteiger partial charge in [-0.3, -0.25) is 9.10 Å². The molecular weight excluding hydrogens is 420 g/mol. The van der Waals surface area contributed by atoms with Crippen LogP contribution in [0, 0.1) is 0 Å². The topological polar surface area (TPSA) is 93.2 Å². The van der Waals surface area contributed by atoms with Gasteiger partial charge in [-0.2, -0.15) is 0 Å². The van der Waals surface area contributed by atoms with Gasteiger partial charge in [0.25, 0.3) is 5.91 Å². The van der Waals surface area contributed by atoms with E-state index < -0.39 is 28.0 Å². The average molecular weight is 439 g/mol. The molecule has 154 valence electrons. The van der Waals surface area contributed by atoms with Gasteiger partial charge in [0.2, 0.25) is 16.1 Å². The molecule has 8 nitrogen and oxygen atoms in total. The summed E-state index contributed by atoms with van der Waals surface area (Å²) in [6, 6.07) is 11.2. The first-order valence-electron chi connectivity index (χ1n) is 8.52. The molecule has 0 fully saturated rings. The Labute approximate surface area is 173 Å². The summed E-state index contributed by atoms with van der Waals surface area (Å²) in [4.78, 5) is 26.7. The summed E-state index contributed by atoms with van der Waals surface area (Å²) < 4.78 is 35.2.